The first-order chi connectivity index (χ1) is 8.20. The second kappa shape index (κ2) is 5.50. The molecule has 0 heterocycles. The van der Waals surface area contributed by atoms with E-state index in [9.17, 15) is 13.2 Å². The van der Waals surface area contributed by atoms with Crippen molar-refractivity contribution in [2.45, 2.75) is 39.4 Å². The Morgan fingerprint density at radius 3 is 2.28 bits per heavy atom. The van der Waals surface area contributed by atoms with Crippen LogP contribution in [0.2, 0.25) is 0 Å². The fourth-order valence-electron chi connectivity index (χ4n) is 1.90. The quantitative estimate of drug-likeness (QED) is 0.799. The minimum Gasteiger partial charge on any atom is -0.397 e. The predicted octanol–water partition coefficient (Wildman–Crippen LogP) is 4.13. The summed E-state index contributed by atoms with van der Waals surface area (Å²) in [5.41, 5.74) is 5.59. The number of hydrogen-bond acceptors (Lipinski definition) is 2. The Hall–Kier alpha value is -1.39. The Balaban J connectivity index is 2.80. The summed E-state index contributed by atoms with van der Waals surface area (Å²) in [6.07, 6.45) is -3.42. The molecule has 1 atom stereocenters. The molecule has 0 amide bonds. The van der Waals surface area contributed by atoms with Gasteiger partial charge in [0.1, 0.15) is 0 Å². The highest BCUT2D eigenvalue weighted by molar-refractivity contribution is 5.67. The van der Waals surface area contributed by atoms with Crippen LogP contribution < -0.4 is 11.1 Å². The molecule has 0 spiro atoms. The van der Waals surface area contributed by atoms with E-state index in [0.717, 1.165) is 18.6 Å². The number of halogens is 3. The van der Waals surface area contributed by atoms with Crippen molar-refractivity contribution in [3.8, 4) is 0 Å². The summed E-state index contributed by atoms with van der Waals surface area (Å²) < 4.78 is 37.4. The van der Waals surface area contributed by atoms with Crippen LogP contribution >= 0.6 is 0 Å². The van der Waals surface area contributed by atoms with E-state index in [2.05, 4.69) is 19.2 Å². The number of nitrogen functional groups attached to an aromatic ring is 1. The number of hydrogen-bond donors (Lipinski definition) is 2. The van der Waals surface area contributed by atoms with E-state index in [1.165, 1.54) is 6.07 Å². The van der Waals surface area contributed by atoms with Crippen molar-refractivity contribution >= 4 is 11.4 Å². The van der Waals surface area contributed by atoms with Gasteiger partial charge in [0.05, 0.1) is 16.9 Å². The molecule has 0 saturated carbocycles. The van der Waals surface area contributed by atoms with E-state index in [1.54, 1.807) is 0 Å². The molecule has 0 aliphatic rings. The van der Waals surface area contributed by atoms with Gasteiger partial charge in [-0.05, 0) is 37.5 Å². The largest absolute Gasteiger partial charge is 0.416 e. The monoisotopic (exact) mass is 260 g/mol. The fraction of sp³-hybridized carbons (Fsp3) is 0.538. The number of alkyl halides is 3. The normalized spacial score (nSPS) is 13.7. The number of rotatable bonds is 4. The highest BCUT2D eigenvalue weighted by atomic mass is 19.4. The Kier molecular flexibility index (Phi) is 4.48. The lowest BCUT2D eigenvalue weighted by molar-refractivity contribution is -0.137. The van der Waals surface area contributed by atoms with Gasteiger partial charge in [0.25, 0.3) is 0 Å². The van der Waals surface area contributed by atoms with E-state index in [4.69, 9.17) is 5.73 Å². The minimum absolute atomic E-state index is 0.125. The van der Waals surface area contributed by atoms with Crippen molar-refractivity contribution in [3.63, 3.8) is 0 Å². The van der Waals surface area contributed by atoms with E-state index < -0.39 is 11.7 Å². The molecule has 0 aliphatic carbocycles. The number of benzene rings is 1. The van der Waals surface area contributed by atoms with Crippen molar-refractivity contribution in [1.29, 1.82) is 0 Å². The number of nitrogens with two attached hydrogens (primary N) is 1. The molecule has 1 rings (SSSR count). The predicted molar refractivity (Wildman–Crippen MR) is 68.4 cm³/mol. The van der Waals surface area contributed by atoms with Gasteiger partial charge in [0.2, 0.25) is 0 Å². The zero-order valence-electron chi connectivity index (χ0n) is 10.8. The van der Waals surface area contributed by atoms with Gasteiger partial charge in [-0.3, -0.25) is 0 Å². The van der Waals surface area contributed by atoms with Crippen LogP contribution in [0.1, 0.15) is 32.8 Å². The average molecular weight is 260 g/mol. The summed E-state index contributed by atoms with van der Waals surface area (Å²) in [6, 6.07) is 3.56. The molecule has 0 aliphatic heterocycles. The van der Waals surface area contributed by atoms with Gasteiger partial charge in [-0.2, -0.15) is 13.2 Å². The van der Waals surface area contributed by atoms with E-state index in [-0.39, 0.29) is 11.7 Å². The molecular formula is C13H19F3N2. The third-order valence-corrected chi connectivity index (χ3v) is 2.61. The Bertz CT molecular complexity index is 400. The molecule has 102 valence electrons. The molecule has 0 aromatic heterocycles. The maximum atomic E-state index is 12.5. The molecule has 1 unspecified atom stereocenters. The summed E-state index contributed by atoms with van der Waals surface area (Å²) in [4.78, 5) is 0. The maximum Gasteiger partial charge on any atom is 0.416 e. The topological polar surface area (TPSA) is 38.0 Å². The maximum absolute atomic E-state index is 12.5. The van der Waals surface area contributed by atoms with Gasteiger partial charge in [-0.25, -0.2) is 0 Å². The standard InChI is InChI=1S/C13H19F3N2/c1-8(2)6-9(3)18-12-5-4-10(7-11(12)17)13(14,15)16/h4-5,7-9,18H,6,17H2,1-3H3. The number of anilines is 2. The molecule has 0 radical (unpaired) electrons. The lowest BCUT2D eigenvalue weighted by Crippen LogP contribution is -2.18. The van der Waals surface area contributed by atoms with Crippen LogP contribution in [-0.4, -0.2) is 6.04 Å². The van der Waals surface area contributed by atoms with Crippen molar-refractivity contribution in [2.24, 2.45) is 5.92 Å². The van der Waals surface area contributed by atoms with Gasteiger partial charge in [-0.15, -0.1) is 0 Å². The van der Waals surface area contributed by atoms with Crippen LogP contribution in [0.3, 0.4) is 0 Å². The summed E-state index contributed by atoms with van der Waals surface area (Å²) >= 11 is 0. The first kappa shape index (κ1) is 14.7. The highest BCUT2D eigenvalue weighted by Crippen LogP contribution is 2.33. The molecule has 18 heavy (non-hydrogen) atoms. The van der Waals surface area contributed by atoms with Crippen molar-refractivity contribution in [3.05, 3.63) is 23.8 Å². The Morgan fingerprint density at radius 1 is 1.22 bits per heavy atom. The van der Waals surface area contributed by atoms with E-state index in [1.807, 2.05) is 6.92 Å². The zero-order chi connectivity index (χ0) is 13.9. The third kappa shape index (κ3) is 4.13. The van der Waals surface area contributed by atoms with Gasteiger partial charge in [-0.1, -0.05) is 13.8 Å². The first-order valence-corrected chi connectivity index (χ1v) is 5.93. The SMILES string of the molecule is CC(C)CC(C)Nc1ccc(C(F)(F)F)cc1N. The van der Waals surface area contributed by atoms with Gasteiger partial charge in [0, 0.05) is 6.04 Å². The summed E-state index contributed by atoms with van der Waals surface area (Å²) in [7, 11) is 0. The third-order valence-electron chi connectivity index (χ3n) is 2.61. The molecular weight excluding hydrogens is 241 g/mol. The molecule has 0 saturated heterocycles. The molecule has 2 nitrogen and oxygen atoms in total. The van der Waals surface area contributed by atoms with Crippen molar-refractivity contribution in [2.75, 3.05) is 11.1 Å². The Morgan fingerprint density at radius 2 is 1.83 bits per heavy atom. The first-order valence-electron chi connectivity index (χ1n) is 5.93. The number of nitrogens with one attached hydrogen (secondary N) is 1. The fourth-order valence-corrected chi connectivity index (χ4v) is 1.90. The molecule has 1 aromatic carbocycles. The summed E-state index contributed by atoms with van der Waals surface area (Å²) in [6.45, 7) is 6.17. The highest BCUT2D eigenvalue weighted by Gasteiger charge is 2.30. The lowest BCUT2D eigenvalue weighted by atomic mass is 10.0. The Labute approximate surface area is 105 Å². The van der Waals surface area contributed by atoms with Crippen LogP contribution in [0.4, 0.5) is 24.5 Å². The molecule has 0 fully saturated rings. The summed E-state index contributed by atoms with van der Waals surface area (Å²) in [5, 5.41) is 3.13. The van der Waals surface area contributed by atoms with Gasteiger partial charge >= 0.3 is 6.18 Å². The van der Waals surface area contributed by atoms with Gasteiger partial charge in [0.15, 0.2) is 0 Å². The minimum atomic E-state index is -4.35. The smallest absolute Gasteiger partial charge is 0.397 e. The molecule has 1 aromatic rings. The second-order valence-corrected chi connectivity index (χ2v) is 4.97. The molecule has 5 heteroatoms. The van der Waals surface area contributed by atoms with Crippen LogP contribution in [0.25, 0.3) is 0 Å². The van der Waals surface area contributed by atoms with E-state index in [0.29, 0.717) is 11.6 Å². The van der Waals surface area contributed by atoms with Crippen LogP contribution in [0.5, 0.6) is 0 Å². The van der Waals surface area contributed by atoms with E-state index >= 15 is 0 Å². The molecule has 3 N–H and O–H groups in total. The van der Waals surface area contributed by atoms with Crippen LogP contribution in [-0.2, 0) is 6.18 Å². The van der Waals surface area contributed by atoms with Crippen molar-refractivity contribution in [1.82, 2.24) is 0 Å². The zero-order valence-corrected chi connectivity index (χ0v) is 10.8. The van der Waals surface area contributed by atoms with Crippen LogP contribution in [0.15, 0.2) is 18.2 Å². The lowest BCUT2D eigenvalue weighted by Gasteiger charge is -2.19. The average Bonchev–Trinajstić information content (AvgIpc) is 2.18. The van der Waals surface area contributed by atoms with Crippen molar-refractivity contribution < 1.29 is 13.2 Å². The summed E-state index contributed by atoms with van der Waals surface area (Å²) in [5.74, 6) is 0.517. The second-order valence-electron chi connectivity index (χ2n) is 4.97. The van der Waals surface area contributed by atoms with Gasteiger partial charge < -0.3 is 11.1 Å². The van der Waals surface area contributed by atoms with Crippen LogP contribution in [0, 0.1) is 5.92 Å². The molecule has 0 bridgehead atoms.